The van der Waals surface area contributed by atoms with Crippen LogP contribution in [0.3, 0.4) is 0 Å². The topological polar surface area (TPSA) is 60.1 Å². The average molecular weight is 405 g/mol. The van der Waals surface area contributed by atoms with E-state index >= 15 is 0 Å². The van der Waals surface area contributed by atoms with Crippen molar-refractivity contribution in [1.29, 1.82) is 0 Å². The first-order valence-corrected chi connectivity index (χ1v) is 11.0. The summed E-state index contributed by atoms with van der Waals surface area (Å²) in [4.78, 5) is 31.7. The molecule has 1 saturated carbocycles. The Labute approximate surface area is 176 Å². The first-order valence-electron chi connectivity index (χ1n) is 11.0. The molecule has 0 radical (unpaired) electrons. The van der Waals surface area contributed by atoms with E-state index in [4.69, 9.17) is 0 Å². The molecular formula is C24H28N4O2. The second kappa shape index (κ2) is 7.74. The maximum Gasteiger partial charge on any atom is 0.253 e. The molecule has 0 spiro atoms. The van der Waals surface area contributed by atoms with Crippen LogP contribution in [0.15, 0.2) is 47.7 Å². The molecule has 3 heterocycles. The van der Waals surface area contributed by atoms with Gasteiger partial charge in [0.1, 0.15) is 0 Å². The van der Waals surface area contributed by atoms with Gasteiger partial charge < -0.3 is 9.47 Å². The number of aryl methyl sites for hydroxylation is 1. The van der Waals surface area contributed by atoms with Crippen LogP contribution < -0.4 is 5.56 Å². The molecule has 156 valence electrons. The number of aromatic nitrogens is 3. The molecule has 1 aliphatic heterocycles. The van der Waals surface area contributed by atoms with Crippen LogP contribution in [-0.2, 0) is 24.8 Å². The smallest absolute Gasteiger partial charge is 0.253 e. The van der Waals surface area contributed by atoms with Gasteiger partial charge in [-0.25, -0.2) is 4.98 Å². The van der Waals surface area contributed by atoms with Gasteiger partial charge in [-0.3, -0.25) is 14.2 Å². The fourth-order valence-electron chi connectivity index (χ4n) is 4.66. The van der Waals surface area contributed by atoms with Crippen molar-refractivity contribution in [3.8, 4) is 0 Å². The lowest BCUT2D eigenvalue weighted by molar-refractivity contribution is -0.131. The van der Waals surface area contributed by atoms with Gasteiger partial charge in [-0.05, 0) is 43.2 Å². The highest BCUT2D eigenvalue weighted by Gasteiger charge is 2.27. The normalized spacial score (nSPS) is 17.6. The van der Waals surface area contributed by atoms with Crippen molar-refractivity contribution in [2.24, 2.45) is 13.0 Å². The second-order valence-corrected chi connectivity index (χ2v) is 8.86. The number of amides is 1. The fraction of sp³-hybridized carbons (Fsp3) is 0.458. The highest BCUT2D eigenvalue weighted by molar-refractivity contribution is 5.89. The number of fused-ring (bicyclic) bond motifs is 1. The number of piperidine rings is 1. The van der Waals surface area contributed by atoms with Gasteiger partial charge in [0.25, 0.3) is 5.56 Å². The SMILES string of the molecule is Cn1cc(CC(=O)N2CCC(Cn3cnc(C4CC4)cc3=O)CC2)c2ccccc21. The van der Waals surface area contributed by atoms with Gasteiger partial charge in [-0.15, -0.1) is 0 Å². The van der Waals surface area contributed by atoms with Gasteiger partial charge >= 0.3 is 0 Å². The molecule has 5 rings (SSSR count). The Morgan fingerprint density at radius 3 is 2.63 bits per heavy atom. The van der Waals surface area contributed by atoms with E-state index in [1.165, 1.54) is 0 Å². The van der Waals surface area contributed by atoms with Crippen LogP contribution in [0.5, 0.6) is 0 Å². The summed E-state index contributed by atoms with van der Waals surface area (Å²) in [7, 11) is 2.02. The van der Waals surface area contributed by atoms with Gasteiger partial charge in [-0.1, -0.05) is 18.2 Å². The molecule has 1 amide bonds. The molecule has 0 bridgehead atoms. The molecule has 3 aromatic rings. The predicted octanol–water partition coefficient (Wildman–Crippen LogP) is 3.09. The molecule has 2 fully saturated rings. The molecule has 30 heavy (non-hydrogen) atoms. The van der Waals surface area contributed by atoms with Crippen molar-refractivity contribution < 1.29 is 4.79 Å². The zero-order valence-electron chi connectivity index (χ0n) is 17.5. The highest BCUT2D eigenvalue weighted by Crippen LogP contribution is 2.38. The molecule has 6 heteroatoms. The van der Waals surface area contributed by atoms with Gasteiger partial charge in [0.2, 0.25) is 5.91 Å². The lowest BCUT2D eigenvalue weighted by Crippen LogP contribution is -2.40. The summed E-state index contributed by atoms with van der Waals surface area (Å²) in [5.74, 6) is 1.11. The molecule has 1 aliphatic carbocycles. The van der Waals surface area contributed by atoms with E-state index in [0.717, 1.165) is 60.9 Å². The zero-order chi connectivity index (χ0) is 20.7. The van der Waals surface area contributed by atoms with Gasteiger partial charge in [0, 0.05) is 55.8 Å². The standard InChI is InChI=1S/C24H28N4O2/c1-26-15-19(20-4-2-3-5-22(20)26)12-23(29)27-10-8-17(9-11-27)14-28-16-25-21(13-24(28)30)18-6-7-18/h2-5,13,15-18H,6-12,14H2,1H3. The average Bonchev–Trinajstić information content (AvgIpc) is 3.56. The molecule has 0 atom stereocenters. The van der Waals surface area contributed by atoms with E-state index in [-0.39, 0.29) is 11.5 Å². The maximum absolute atomic E-state index is 12.9. The number of hydrogen-bond donors (Lipinski definition) is 0. The Balaban J connectivity index is 1.18. The monoisotopic (exact) mass is 404 g/mol. The van der Waals surface area contributed by atoms with E-state index < -0.39 is 0 Å². The first-order chi connectivity index (χ1) is 14.6. The summed E-state index contributed by atoms with van der Waals surface area (Å²) < 4.78 is 3.83. The zero-order valence-corrected chi connectivity index (χ0v) is 17.5. The summed E-state index contributed by atoms with van der Waals surface area (Å²) in [6.07, 6.45) is 8.39. The fourth-order valence-corrected chi connectivity index (χ4v) is 4.66. The number of likely N-dealkylation sites (tertiary alicyclic amines) is 1. The summed E-state index contributed by atoms with van der Waals surface area (Å²) in [6, 6.07) is 9.93. The van der Waals surface area contributed by atoms with E-state index in [1.807, 2.05) is 24.1 Å². The number of nitrogens with zero attached hydrogens (tertiary/aromatic N) is 4. The number of rotatable bonds is 5. The Hall–Kier alpha value is -2.89. The van der Waals surface area contributed by atoms with Crippen molar-refractivity contribution in [3.05, 3.63) is 64.5 Å². The van der Waals surface area contributed by atoms with Crippen LogP contribution in [0.1, 0.15) is 42.9 Å². The Morgan fingerprint density at radius 1 is 1.13 bits per heavy atom. The summed E-state index contributed by atoms with van der Waals surface area (Å²) in [6.45, 7) is 2.22. The van der Waals surface area contributed by atoms with Crippen LogP contribution in [0, 0.1) is 5.92 Å². The van der Waals surface area contributed by atoms with E-state index in [1.54, 1.807) is 17.0 Å². The van der Waals surface area contributed by atoms with E-state index in [9.17, 15) is 9.59 Å². The van der Waals surface area contributed by atoms with Gasteiger partial charge in [-0.2, -0.15) is 0 Å². The van der Waals surface area contributed by atoms with E-state index in [2.05, 4.69) is 27.9 Å². The lowest BCUT2D eigenvalue weighted by atomic mass is 9.96. The first kappa shape index (κ1) is 19.1. The molecule has 0 N–H and O–H groups in total. The second-order valence-electron chi connectivity index (χ2n) is 8.86. The Morgan fingerprint density at radius 2 is 1.90 bits per heavy atom. The minimum Gasteiger partial charge on any atom is -0.350 e. The van der Waals surface area contributed by atoms with Gasteiger partial charge in [0.05, 0.1) is 18.4 Å². The van der Waals surface area contributed by atoms with Crippen molar-refractivity contribution >= 4 is 16.8 Å². The molecule has 6 nitrogen and oxygen atoms in total. The third-order valence-corrected chi connectivity index (χ3v) is 6.64. The molecular weight excluding hydrogens is 376 g/mol. The third-order valence-electron chi connectivity index (χ3n) is 6.64. The van der Waals surface area contributed by atoms with Gasteiger partial charge in [0.15, 0.2) is 0 Å². The van der Waals surface area contributed by atoms with Crippen LogP contribution >= 0.6 is 0 Å². The Kier molecular flexibility index (Phi) is 4.93. The van der Waals surface area contributed by atoms with Crippen molar-refractivity contribution in [1.82, 2.24) is 19.0 Å². The minimum absolute atomic E-state index is 0.0568. The largest absolute Gasteiger partial charge is 0.350 e. The van der Waals surface area contributed by atoms with Crippen LogP contribution in [0.2, 0.25) is 0 Å². The van der Waals surface area contributed by atoms with E-state index in [0.29, 0.717) is 24.8 Å². The third kappa shape index (κ3) is 3.78. The van der Waals surface area contributed by atoms with Crippen molar-refractivity contribution in [2.45, 2.75) is 44.6 Å². The van der Waals surface area contributed by atoms with Crippen molar-refractivity contribution in [3.63, 3.8) is 0 Å². The molecule has 1 aromatic carbocycles. The van der Waals surface area contributed by atoms with Crippen molar-refractivity contribution in [2.75, 3.05) is 13.1 Å². The number of hydrogen-bond acceptors (Lipinski definition) is 3. The molecule has 1 saturated heterocycles. The summed E-state index contributed by atoms with van der Waals surface area (Å²) in [5.41, 5.74) is 3.26. The molecule has 2 aromatic heterocycles. The number of para-hydroxylation sites is 1. The molecule has 0 unspecified atom stereocenters. The van der Waals surface area contributed by atoms with Crippen LogP contribution in [-0.4, -0.2) is 38.0 Å². The highest BCUT2D eigenvalue weighted by atomic mass is 16.2. The number of benzene rings is 1. The minimum atomic E-state index is 0.0568. The number of carbonyl (C=O) groups is 1. The quantitative estimate of drug-likeness (QED) is 0.657. The summed E-state index contributed by atoms with van der Waals surface area (Å²) >= 11 is 0. The lowest BCUT2D eigenvalue weighted by Gasteiger charge is -2.32. The maximum atomic E-state index is 12.9. The van der Waals surface area contributed by atoms with Crippen LogP contribution in [0.4, 0.5) is 0 Å². The number of carbonyl (C=O) groups excluding carboxylic acids is 1. The summed E-state index contributed by atoms with van der Waals surface area (Å²) in [5, 5.41) is 1.16. The Bertz CT molecular complexity index is 1130. The molecule has 2 aliphatic rings. The van der Waals surface area contributed by atoms with Crippen LogP contribution in [0.25, 0.3) is 10.9 Å². The predicted molar refractivity (Wildman–Crippen MR) is 116 cm³/mol.